The van der Waals surface area contributed by atoms with Crippen LogP contribution >= 0.6 is 11.8 Å². The number of pyridine rings is 1. The Morgan fingerprint density at radius 3 is 3.00 bits per heavy atom. The molecule has 0 saturated carbocycles. The number of thioether (sulfide) groups is 1. The Morgan fingerprint density at radius 1 is 1.62 bits per heavy atom. The highest BCUT2D eigenvalue weighted by Gasteiger charge is 2.17. The summed E-state index contributed by atoms with van der Waals surface area (Å²) in [5, 5.41) is 9.37. The summed E-state index contributed by atoms with van der Waals surface area (Å²) in [6.07, 6.45) is 1.64. The second kappa shape index (κ2) is 4.74. The van der Waals surface area contributed by atoms with E-state index in [1.165, 1.54) is 0 Å². The van der Waals surface area contributed by atoms with E-state index in [4.69, 9.17) is 5.11 Å². The summed E-state index contributed by atoms with van der Waals surface area (Å²) >= 11 is 1.97. The maximum Gasteiger partial charge on any atom is 0.354 e. The van der Waals surface area contributed by atoms with Gasteiger partial charge in [-0.15, -0.1) is 0 Å². The molecule has 1 fully saturated rings. The number of carbonyl (C=O) groups is 1. The van der Waals surface area contributed by atoms with Gasteiger partial charge in [-0.3, -0.25) is 0 Å². The van der Waals surface area contributed by atoms with E-state index in [1.54, 1.807) is 12.3 Å². The van der Waals surface area contributed by atoms with Gasteiger partial charge < -0.3 is 10.0 Å². The molecule has 1 N–H and O–H groups in total. The van der Waals surface area contributed by atoms with Crippen LogP contribution in [0.4, 0.5) is 5.69 Å². The van der Waals surface area contributed by atoms with Crippen LogP contribution in [0.5, 0.6) is 0 Å². The van der Waals surface area contributed by atoms with Gasteiger partial charge in [0.25, 0.3) is 0 Å². The number of carboxylic acid groups (broad SMARTS) is 1. The molecule has 1 aromatic rings. The van der Waals surface area contributed by atoms with Crippen LogP contribution in [0.15, 0.2) is 18.3 Å². The Balaban J connectivity index is 2.11. The van der Waals surface area contributed by atoms with E-state index < -0.39 is 5.97 Å². The molecule has 86 valence electrons. The van der Waals surface area contributed by atoms with Gasteiger partial charge >= 0.3 is 5.97 Å². The number of hydrogen-bond acceptors (Lipinski definition) is 4. The Hall–Kier alpha value is -1.23. The minimum atomic E-state index is -0.978. The lowest BCUT2D eigenvalue weighted by atomic mass is 10.3. The highest BCUT2D eigenvalue weighted by molar-refractivity contribution is 8.00. The van der Waals surface area contributed by atoms with Gasteiger partial charge in [0, 0.05) is 24.1 Å². The van der Waals surface area contributed by atoms with E-state index in [2.05, 4.69) is 16.8 Å². The van der Waals surface area contributed by atoms with Crippen LogP contribution in [0, 0.1) is 0 Å². The van der Waals surface area contributed by atoms with Crippen LogP contribution in [0.25, 0.3) is 0 Å². The number of aromatic nitrogens is 1. The van der Waals surface area contributed by atoms with E-state index in [0.717, 1.165) is 24.5 Å². The van der Waals surface area contributed by atoms with Crippen molar-refractivity contribution in [3.05, 3.63) is 24.0 Å². The first-order valence-electron chi connectivity index (χ1n) is 5.22. The summed E-state index contributed by atoms with van der Waals surface area (Å²) in [4.78, 5) is 16.8. The van der Waals surface area contributed by atoms with E-state index in [0.29, 0.717) is 5.25 Å². The molecular formula is C11H14N2O2S. The average Bonchev–Trinajstić information content (AvgIpc) is 2.29. The third-order valence-electron chi connectivity index (χ3n) is 2.57. The monoisotopic (exact) mass is 238 g/mol. The van der Waals surface area contributed by atoms with Crippen LogP contribution in [0.3, 0.4) is 0 Å². The SMILES string of the molecule is CC1CN(c2ccc(C(=O)O)nc2)CCS1. The van der Waals surface area contributed by atoms with Gasteiger partial charge in [-0.25, -0.2) is 9.78 Å². The minimum Gasteiger partial charge on any atom is -0.477 e. The first-order valence-corrected chi connectivity index (χ1v) is 6.27. The number of rotatable bonds is 2. The van der Waals surface area contributed by atoms with Gasteiger partial charge in [0.05, 0.1) is 11.9 Å². The topological polar surface area (TPSA) is 53.4 Å². The molecule has 5 heteroatoms. The van der Waals surface area contributed by atoms with Crippen molar-refractivity contribution in [1.82, 2.24) is 4.98 Å². The lowest BCUT2D eigenvalue weighted by Crippen LogP contribution is -2.36. The molecule has 2 heterocycles. The molecule has 0 amide bonds. The second-order valence-corrected chi connectivity index (χ2v) is 5.38. The van der Waals surface area contributed by atoms with Crippen molar-refractivity contribution in [3.8, 4) is 0 Å². The van der Waals surface area contributed by atoms with Crippen molar-refractivity contribution in [1.29, 1.82) is 0 Å². The number of carboxylic acids is 1. The number of aromatic carboxylic acids is 1. The van der Waals surface area contributed by atoms with Crippen molar-refractivity contribution < 1.29 is 9.90 Å². The number of nitrogens with zero attached hydrogens (tertiary/aromatic N) is 2. The summed E-state index contributed by atoms with van der Waals surface area (Å²) in [7, 11) is 0. The molecule has 0 spiro atoms. The molecule has 16 heavy (non-hydrogen) atoms. The van der Waals surface area contributed by atoms with Crippen molar-refractivity contribution in [2.45, 2.75) is 12.2 Å². The largest absolute Gasteiger partial charge is 0.477 e. The van der Waals surface area contributed by atoms with E-state index in [1.807, 2.05) is 17.8 Å². The fourth-order valence-corrected chi connectivity index (χ4v) is 2.77. The van der Waals surface area contributed by atoms with Gasteiger partial charge in [-0.1, -0.05) is 6.92 Å². The highest BCUT2D eigenvalue weighted by atomic mass is 32.2. The summed E-state index contributed by atoms with van der Waals surface area (Å²) < 4.78 is 0. The molecule has 4 nitrogen and oxygen atoms in total. The molecule has 0 aromatic carbocycles. The van der Waals surface area contributed by atoms with Crippen LogP contribution in [-0.2, 0) is 0 Å². The predicted octanol–water partition coefficient (Wildman–Crippen LogP) is 1.72. The Kier molecular flexibility index (Phi) is 3.33. The molecular weight excluding hydrogens is 224 g/mol. The molecule has 2 rings (SSSR count). The van der Waals surface area contributed by atoms with Crippen LogP contribution < -0.4 is 4.90 Å². The van der Waals surface area contributed by atoms with Crippen molar-refractivity contribution in [3.63, 3.8) is 0 Å². The third-order valence-corrected chi connectivity index (χ3v) is 3.71. The molecule has 1 saturated heterocycles. The minimum absolute atomic E-state index is 0.100. The normalized spacial score (nSPS) is 20.8. The zero-order valence-corrected chi connectivity index (χ0v) is 9.91. The van der Waals surface area contributed by atoms with Crippen LogP contribution in [0.1, 0.15) is 17.4 Å². The molecule has 0 radical (unpaired) electrons. The van der Waals surface area contributed by atoms with Crippen LogP contribution in [-0.4, -0.2) is 40.2 Å². The fraction of sp³-hybridized carbons (Fsp3) is 0.455. The first kappa shape index (κ1) is 11.3. The predicted molar refractivity (Wildman–Crippen MR) is 65.3 cm³/mol. The van der Waals surface area contributed by atoms with Gasteiger partial charge in [0.15, 0.2) is 0 Å². The van der Waals surface area contributed by atoms with Crippen molar-refractivity contribution in [2.24, 2.45) is 0 Å². The smallest absolute Gasteiger partial charge is 0.354 e. The Labute approximate surface area is 98.7 Å². The van der Waals surface area contributed by atoms with Gasteiger partial charge in [0.1, 0.15) is 5.69 Å². The van der Waals surface area contributed by atoms with Crippen LogP contribution in [0.2, 0.25) is 0 Å². The van der Waals surface area contributed by atoms with E-state index in [-0.39, 0.29) is 5.69 Å². The summed E-state index contributed by atoms with van der Waals surface area (Å²) in [6.45, 7) is 4.21. The zero-order valence-electron chi connectivity index (χ0n) is 9.09. The van der Waals surface area contributed by atoms with E-state index in [9.17, 15) is 4.79 Å². The molecule has 0 aliphatic carbocycles. The van der Waals surface area contributed by atoms with Crippen molar-refractivity contribution in [2.75, 3.05) is 23.7 Å². The average molecular weight is 238 g/mol. The summed E-state index contributed by atoms with van der Waals surface area (Å²) in [6, 6.07) is 3.39. The maximum absolute atomic E-state index is 10.7. The highest BCUT2D eigenvalue weighted by Crippen LogP contribution is 2.23. The zero-order chi connectivity index (χ0) is 11.5. The lowest BCUT2D eigenvalue weighted by molar-refractivity contribution is 0.0690. The van der Waals surface area contributed by atoms with Crippen molar-refractivity contribution >= 4 is 23.4 Å². The third kappa shape index (κ3) is 2.47. The molecule has 1 aromatic heterocycles. The standard InChI is InChI=1S/C11H14N2O2S/c1-8-7-13(4-5-16-8)9-2-3-10(11(14)15)12-6-9/h2-3,6,8H,4-5,7H2,1H3,(H,14,15). The maximum atomic E-state index is 10.7. The molecule has 1 aliphatic rings. The fourth-order valence-electron chi connectivity index (χ4n) is 1.75. The number of hydrogen-bond donors (Lipinski definition) is 1. The first-order chi connectivity index (χ1) is 7.66. The molecule has 1 atom stereocenters. The van der Waals surface area contributed by atoms with E-state index >= 15 is 0 Å². The Morgan fingerprint density at radius 2 is 2.44 bits per heavy atom. The molecule has 1 aliphatic heterocycles. The van der Waals surface area contributed by atoms with Gasteiger partial charge in [-0.05, 0) is 12.1 Å². The second-order valence-electron chi connectivity index (χ2n) is 3.83. The number of anilines is 1. The quantitative estimate of drug-likeness (QED) is 0.850. The summed E-state index contributed by atoms with van der Waals surface area (Å²) in [5.41, 5.74) is 1.11. The van der Waals surface area contributed by atoms with Gasteiger partial charge in [-0.2, -0.15) is 11.8 Å². The molecule has 0 bridgehead atoms. The summed E-state index contributed by atoms with van der Waals surface area (Å²) in [5.74, 6) is 0.135. The Bertz CT molecular complexity index is 380. The lowest BCUT2D eigenvalue weighted by Gasteiger charge is -2.32. The van der Waals surface area contributed by atoms with Gasteiger partial charge in [0.2, 0.25) is 0 Å². The molecule has 1 unspecified atom stereocenters.